The zero-order valence-electron chi connectivity index (χ0n) is 12.1. The van der Waals surface area contributed by atoms with Crippen molar-refractivity contribution in [1.29, 1.82) is 0 Å². The number of rotatable bonds is 5. The summed E-state index contributed by atoms with van der Waals surface area (Å²) in [4.78, 5) is 14.6. The van der Waals surface area contributed by atoms with Crippen LogP contribution in [0.5, 0.6) is 0 Å². The second-order valence-electron chi connectivity index (χ2n) is 5.32. The molecule has 0 radical (unpaired) electrons. The summed E-state index contributed by atoms with van der Waals surface area (Å²) in [5.74, 6) is -0.230. The third kappa shape index (κ3) is 3.67. The molecule has 1 aliphatic rings. The Hall–Kier alpha value is -1.20. The van der Waals surface area contributed by atoms with Crippen molar-refractivity contribution in [3.8, 4) is 0 Å². The van der Waals surface area contributed by atoms with E-state index in [1.54, 1.807) is 0 Å². The lowest BCUT2D eigenvalue weighted by atomic mass is 9.97. The number of carboxylic acids is 1. The standard InChI is InChI=1S/C15H22N2O2S/c1-17-8-6-11(7-9-17)10-16-12-4-3-5-13(20-2)14(12)15(18)19/h3-5,11,16H,6-10H2,1-2H3,(H,18,19). The monoisotopic (exact) mass is 294 g/mol. The van der Waals surface area contributed by atoms with Gasteiger partial charge in [-0.2, -0.15) is 0 Å². The number of aromatic carboxylic acids is 1. The number of likely N-dealkylation sites (tertiary alicyclic amines) is 1. The molecule has 0 unspecified atom stereocenters. The molecule has 2 N–H and O–H groups in total. The van der Waals surface area contributed by atoms with E-state index < -0.39 is 5.97 Å². The highest BCUT2D eigenvalue weighted by molar-refractivity contribution is 7.98. The highest BCUT2D eigenvalue weighted by Crippen LogP contribution is 2.28. The van der Waals surface area contributed by atoms with Gasteiger partial charge in [-0.15, -0.1) is 11.8 Å². The fraction of sp³-hybridized carbons (Fsp3) is 0.533. The molecule has 0 amide bonds. The third-order valence-corrected chi connectivity index (χ3v) is 4.66. The van der Waals surface area contributed by atoms with Crippen molar-refractivity contribution in [3.63, 3.8) is 0 Å². The molecule has 0 spiro atoms. The molecule has 110 valence electrons. The Bertz CT molecular complexity index is 471. The number of hydrogen-bond acceptors (Lipinski definition) is 4. The maximum absolute atomic E-state index is 11.4. The molecule has 20 heavy (non-hydrogen) atoms. The van der Waals surface area contributed by atoms with E-state index in [2.05, 4.69) is 17.3 Å². The summed E-state index contributed by atoms with van der Waals surface area (Å²) < 4.78 is 0. The Balaban J connectivity index is 2.04. The van der Waals surface area contributed by atoms with Crippen LogP contribution in [0.1, 0.15) is 23.2 Å². The van der Waals surface area contributed by atoms with Gasteiger partial charge < -0.3 is 15.3 Å². The molecule has 5 heteroatoms. The van der Waals surface area contributed by atoms with E-state index in [-0.39, 0.29) is 0 Å². The molecule has 0 saturated carbocycles. The molecule has 1 aromatic carbocycles. The van der Waals surface area contributed by atoms with Gasteiger partial charge in [0.1, 0.15) is 0 Å². The highest BCUT2D eigenvalue weighted by atomic mass is 32.2. The van der Waals surface area contributed by atoms with Crippen LogP contribution in [0.3, 0.4) is 0 Å². The molecule has 0 atom stereocenters. The molecule has 4 nitrogen and oxygen atoms in total. The first kappa shape index (κ1) is 15.2. The van der Waals surface area contributed by atoms with Crippen molar-refractivity contribution in [1.82, 2.24) is 4.90 Å². The lowest BCUT2D eigenvalue weighted by molar-refractivity contribution is 0.0694. The SMILES string of the molecule is CSc1cccc(NCC2CCN(C)CC2)c1C(=O)O. The number of carbonyl (C=O) groups is 1. The average molecular weight is 294 g/mol. The van der Waals surface area contributed by atoms with Gasteiger partial charge in [0, 0.05) is 17.1 Å². The van der Waals surface area contributed by atoms with Gasteiger partial charge in [-0.1, -0.05) is 6.07 Å². The third-order valence-electron chi connectivity index (χ3n) is 3.88. The maximum atomic E-state index is 11.4. The number of nitrogens with one attached hydrogen (secondary N) is 1. The lowest BCUT2D eigenvalue weighted by Crippen LogP contribution is -2.33. The van der Waals surface area contributed by atoms with Crippen LogP contribution in [-0.4, -0.2) is 48.9 Å². The molecule has 1 aliphatic heterocycles. The highest BCUT2D eigenvalue weighted by Gasteiger charge is 2.19. The molecular formula is C15H22N2O2S. The van der Waals surface area contributed by atoms with Gasteiger partial charge in [-0.3, -0.25) is 0 Å². The Morgan fingerprint density at radius 3 is 2.75 bits per heavy atom. The van der Waals surface area contributed by atoms with Gasteiger partial charge >= 0.3 is 5.97 Å². The number of benzene rings is 1. The minimum absolute atomic E-state index is 0.396. The Labute approximate surface area is 124 Å². The molecule has 1 saturated heterocycles. The zero-order chi connectivity index (χ0) is 14.5. The van der Waals surface area contributed by atoms with Gasteiger partial charge in [0.25, 0.3) is 0 Å². The minimum Gasteiger partial charge on any atom is -0.478 e. The number of carboxylic acid groups (broad SMARTS) is 1. The van der Waals surface area contributed by atoms with Crippen LogP contribution >= 0.6 is 11.8 Å². The Morgan fingerprint density at radius 2 is 2.15 bits per heavy atom. The van der Waals surface area contributed by atoms with Crippen LogP contribution in [0, 0.1) is 5.92 Å². The maximum Gasteiger partial charge on any atom is 0.338 e. The molecule has 0 aromatic heterocycles. The van der Waals surface area contributed by atoms with E-state index in [4.69, 9.17) is 0 Å². The number of nitrogens with zero attached hydrogens (tertiary/aromatic N) is 1. The Kier molecular flexibility index (Phi) is 5.31. The van der Waals surface area contributed by atoms with Crippen molar-refractivity contribution in [3.05, 3.63) is 23.8 Å². The summed E-state index contributed by atoms with van der Waals surface area (Å²) in [7, 11) is 2.15. The van der Waals surface area contributed by atoms with Gasteiger partial charge in [-0.05, 0) is 57.3 Å². The van der Waals surface area contributed by atoms with Crippen molar-refractivity contribution >= 4 is 23.4 Å². The smallest absolute Gasteiger partial charge is 0.338 e. The van der Waals surface area contributed by atoms with E-state index in [1.165, 1.54) is 24.6 Å². The second-order valence-corrected chi connectivity index (χ2v) is 6.16. The van der Waals surface area contributed by atoms with Crippen molar-refractivity contribution in [2.24, 2.45) is 5.92 Å². The first-order valence-corrected chi connectivity index (χ1v) is 8.17. The first-order chi connectivity index (χ1) is 9.61. The van der Waals surface area contributed by atoms with E-state index in [9.17, 15) is 9.90 Å². The largest absolute Gasteiger partial charge is 0.478 e. The van der Waals surface area contributed by atoms with Crippen LogP contribution in [0.2, 0.25) is 0 Å². The normalized spacial score (nSPS) is 17.1. The van der Waals surface area contributed by atoms with E-state index in [0.29, 0.717) is 11.5 Å². The van der Waals surface area contributed by atoms with Crippen LogP contribution in [0.4, 0.5) is 5.69 Å². The first-order valence-electron chi connectivity index (χ1n) is 6.94. The van der Waals surface area contributed by atoms with Crippen LogP contribution < -0.4 is 5.32 Å². The molecule has 0 aliphatic carbocycles. The molecule has 1 fully saturated rings. The number of piperidine rings is 1. The van der Waals surface area contributed by atoms with E-state index in [1.807, 2.05) is 24.5 Å². The van der Waals surface area contributed by atoms with Crippen LogP contribution in [-0.2, 0) is 0 Å². The molecule has 2 rings (SSSR count). The fourth-order valence-corrected chi connectivity index (χ4v) is 3.21. The zero-order valence-corrected chi connectivity index (χ0v) is 12.9. The summed E-state index contributed by atoms with van der Waals surface area (Å²) in [6, 6.07) is 5.63. The van der Waals surface area contributed by atoms with Gasteiger partial charge in [0.15, 0.2) is 0 Å². The van der Waals surface area contributed by atoms with E-state index >= 15 is 0 Å². The van der Waals surface area contributed by atoms with Crippen molar-refractivity contribution < 1.29 is 9.90 Å². The topological polar surface area (TPSA) is 52.6 Å². The minimum atomic E-state index is -0.860. The van der Waals surface area contributed by atoms with Gasteiger partial charge in [-0.25, -0.2) is 4.79 Å². The molecule has 1 aromatic rings. The van der Waals surface area contributed by atoms with Crippen LogP contribution in [0.25, 0.3) is 0 Å². The summed E-state index contributed by atoms with van der Waals surface area (Å²) in [6.07, 6.45) is 4.25. The molecular weight excluding hydrogens is 272 g/mol. The summed E-state index contributed by atoms with van der Waals surface area (Å²) >= 11 is 1.47. The quantitative estimate of drug-likeness (QED) is 0.818. The summed E-state index contributed by atoms with van der Waals surface area (Å²) in [6.45, 7) is 3.11. The number of hydrogen-bond donors (Lipinski definition) is 2. The second kappa shape index (κ2) is 6.99. The van der Waals surface area contributed by atoms with Gasteiger partial charge in [0.2, 0.25) is 0 Å². The molecule has 0 bridgehead atoms. The van der Waals surface area contributed by atoms with Gasteiger partial charge in [0.05, 0.1) is 5.56 Å². The van der Waals surface area contributed by atoms with E-state index in [0.717, 1.165) is 30.2 Å². The number of anilines is 1. The number of thioether (sulfide) groups is 1. The molecule has 1 heterocycles. The average Bonchev–Trinajstić information content (AvgIpc) is 2.46. The van der Waals surface area contributed by atoms with Crippen molar-refractivity contribution in [2.75, 3.05) is 38.3 Å². The van der Waals surface area contributed by atoms with Crippen molar-refractivity contribution in [2.45, 2.75) is 17.7 Å². The predicted molar refractivity (Wildman–Crippen MR) is 83.9 cm³/mol. The fourth-order valence-electron chi connectivity index (χ4n) is 2.59. The predicted octanol–water partition coefficient (Wildman–Crippen LogP) is 2.86. The van der Waals surface area contributed by atoms with Crippen LogP contribution in [0.15, 0.2) is 23.1 Å². The Morgan fingerprint density at radius 1 is 1.45 bits per heavy atom. The summed E-state index contributed by atoms with van der Waals surface area (Å²) in [5, 5.41) is 12.7. The lowest BCUT2D eigenvalue weighted by Gasteiger charge is -2.29. The summed E-state index contributed by atoms with van der Waals surface area (Å²) in [5.41, 5.74) is 1.14.